The summed E-state index contributed by atoms with van der Waals surface area (Å²) in [6, 6.07) is 11.6. The second-order valence-electron chi connectivity index (χ2n) is 8.72. The van der Waals surface area contributed by atoms with Crippen molar-refractivity contribution in [2.45, 2.75) is 19.4 Å². The maximum absolute atomic E-state index is 12.9. The van der Waals surface area contributed by atoms with Crippen molar-refractivity contribution in [3.05, 3.63) is 83.3 Å². The van der Waals surface area contributed by atoms with Gasteiger partial charge in [-0.05, 0) is 30.7 Å². The molecular weight excluding hydrogens is 468 g/mol. The summed E-state index contributed by atoms with van der Waals surface area (Å²) in [5.41, 5.74) is 2.89. The molecular formula is C29H32N4O4. The third kappa shape index (κ3) is 6.02. The number of benzene rings is 2. The van der Waals surface area contributed by atoms with Gasteiger partial charge in [0.05, 0.1) is 24.5 Å². The van der Waals surface area contributed by atoms with Crippen molar-refractivity contribution in [1.29, 1.82) is 0 Å². The van der Waals surface area contributed by atoms with E-state index in [0.717, 1.165) is 44.0 Å². The third-order valence-electron chi connectivity index (χ3n) is 6.16. The molecule has 2 heterocycles. The van der Waals surface area contributed by atoms with Gasteiger partial charge in [-0.2, -0.15) is 5.10 Å². The Morgan fingerprint density at radius 3 is 2.46 bits per heavy atom. The molecule has 1 atom stereocenters. The molecule has 37 heavy (non-hydrogen) atoms. The Balaban J connectivity index is 1.75. The van der Waals surface area contributed by atoms with Crippen molar-refractivity contribution in [2.24, 2.45) is 0 Å². The van der Waals surface area contributed by atoms with E-state index in [0.29, 0.717) is 35.2 Å². The van der Waals surface area contributed by atoms with Gasteiger partial charge in [0.1, 0.15) is 24.7 Å². The van der Waals surface area contributed by atoms with Crippen molar-refractivity contribution in [2.75, 3.05) is 39.5 Å². The van der Waals surface area contributed by atoms with E-state index < -0.39 is 0 Å². The standard InChI is InChI=1S/C29H32N4O4/c1-5-14-36-26-19-27(37-15-6-2)25(18-24(26)21(4)7-3)28-30-31-29(34)33(28)23-10-8-22(9-11-23)20-32-12-16-35-17-13-32/h3,5-6,8-11,18-19,21H,1-2,12-17,20H2,4H3,(H,31,34). The van der Waals surface area contributed by atoms with Crippen LogP contribution >= 0.6 is 0 Å². The number of nitrogens with zero attached hydrogens (tertiary/aromatic N) is 3. The molecule has 1 aliphatic rings. The Bertz CT molecular complexity index is 1330. The van der Waals surface area contributed by atoms with Crippen LogP contribution in [0.2, 0.25) is 0 Å². The van der Waals surface area contributed by atoms with Crippen LogP contribution in [0.1, 0.15) is 24.0 Å². The van der Waals surface area contributed by atoms with E-state index in [9.17, 15) is 4.79 Å². The van der Waals surface area contributed by atoms with E-state index in [1.54, 1.807) is 18.2 Å². The quantitative estimate of drug-likeness (QED) is 0.317. The number of aromatic amines is 1. The summed E-state index contributed by atoms with van der Waals surface area (Å²) < 4.78 is 18.8. The van der Waals surface area contributed by atoms with Crippen LogP contribution in [0.25, 0.3) is 17.1 Å². The topological polar surface area (TPSA) is 81.6 Å². The van der Waals surface area contributed by atoms with Gasteiger partial charge in [0.25, 0.3) is 0 Å². The zero-order valence-corrected chi connectivity index (χ0v) is 21.1. The minimum Gasteiger partial charge on any atom is -0.489 e. The Labute approximate surface area is 217 Å². The van der Waals surface area contributed by atoms with Crippen molar-refractivity contribution >= 4 is 0 Å². The van der Waals surface area contributed by atoms with Crippen LogP contribution < -0.4 is 15.2 Å². The first-order valence-corrected chi connectivity index (χ1v) is 12.2. The molecule has 1 N–H and O–H groups in total. The summed E-state index contributed by atoms with van der Waals surface area (Å²) in [5.74, 6) is 4.01. The van der Waals surface area contributed by atoms with Crippen molar-refractivity contribution < 1.29 is 14.2 Å². The third-order valence-corrected chi connectivity index (χ3v) is 6.16. The number of hydrogen-bond donors (Lipinski definition) is 1. The fourth-order valence-electron chi connectivity index (χ4n) is 4.21. The molecule has 2 aromatic carbocycles. The summed E-state index contributed by atoms with van der Waals surface area (Å²) in [4.78, 5) is 15.3. The lowest BCUT2D eigenvalue weighted by atomic mass is 9.97. The SMILES string of the molecule is C#CC(C)c1cc(-c2n[nH]c(=O)n2-c2ccc(CN3CCOCC3)cc2)c(OCC=C)cc1OCC=C. The zero-order chi connectivity index (χ0) is 26.2. The zero-order valence-electron chi connectivity index (χ0n) is 21.1. The molecule has 8 heteroatoms. The summed E-state index contributed by atoms with van der Waals surface area (Å²) in [6.45, 7) is 14.1. The summed E-state index contributed by atoms with van der Waals surface area (Å²) in [5, 5.41) is 6.94. The van der Waals surface area contributed by atoms with Crippen molar-refractivity contribution in [3.8, 4) is 40.9 Å². The molecule has 0 bridgehead atoms. The highest BCUT2D eigenvalue weighted by Gasteiger charge is 2.22. The van der Waals surface area contributed by atoms with Crippen LogP contribution in [0.5, 0.6) is 11.5 Å². The molecule has 1 unspecified atom stereocenters. The van der Waals surface area contributed by atoms with Gasteiger partial charge in [0.15, 0.2) is 5.82 Å². The lowest BCUT2D eigenvalue weighted by Crippen LogP contribution is -2.35. The fourth-order valence-corrected chi connectivity index (χ4v) is 4.21. The lowest BCUT2D eigenvalue weighted by Gasteiger charge is -2.26. The predicted molar refractivity (Wildman–Crippen MR) is 144 cm³/mol. The maximum atomic E-state index is 12.9. The molecule has 1 fully saturated rings. The van der Waals surface area contributed by atoms with E-state index in [4.69, 9.17) is 20.6 Å². The van der Waals surface area contributed by atoms with Gasteiger partial charge in [-0.15, -0.1) is 6.42 Å². The Hall–Kier alpha value is -4.06. The number of nitrogens with one attached hydrogen (secondary N) is 1. The number of rotatable bonds is 11. The first kappa shape index (κ1) is 26.0. The molecule has 3 aromatic rings. The lowest BCUT2D eigenvalue weighted by molar-refractivity contribution is 0.0342. The second kappa shape index (κ2) is 12.3. The predicted octanol–water partition coefficient (Wildman–Crippen LogP) is 3.93. The van der Waals surface area contributed by atoms with Crippen LogP contribution in [0.4, 0.5) is 0 Å². The van der Waals surface area contributed by atoms with E-state index in [2.05, 4.69) is 34.2 Å². The van der Waals surface area contributed by atoms with Crippen molar-refractivity contribution in [3.63, 3.8) is 0 Å². The Morgan fingerprint density at radius 2 is 1.81 bits per heavy atom. The number of terminal acetylenes is 1. The van der Waals surface area contributed by atoms with Crippen LogP contribution in [0.3, 0.4) is 0 Å². The number of hydrogen-bond acceptors (Lipinski definition) is 6. The summed E-state index contributed by atoms with van der Waals surface area (Å²) >= 11 is 0. The molecule has 1 aliphatic heterocycles. The molecule has 0 amide bonds. The number of morpholine rings is 1. The average Bonchev–Trinajstić information content (AvgIpc) is 3.32. The fraction of sp³-hybridized carbons (Fsp3) is 0.310. The minimum absolute atomic E-state index is 0.245. The molecule has 0 saturated carbocycles. The number of ether oxygens (including phenoxy) is 3. The van der Waals surface area contributed by atoms with Gasteiger partial charge < -0.3 is 14.2 Å². The van der Waals surface area contributed by atoms with E-state index in [1.165, 1.54) is 4.57 Å². The molecule has 1 saturated heterocycles. The van der Waals surface area contributed by atoms with E-state index >= 15 is 0 Å². The highest BCUT2D eigenvalue weighted by atomic mass is 16.5. The van der Waals surface area contributed by atoms with Gasteiger partial charge in [0.2, 0.25) is 0 Å². The number of aromatic nitrogens is 3. The van der Waals surface area contributed by atoms with Crippen molar-refractivity contribution in [1.82, 2.24) is 19.7 Å². The highest BCUT2D eigenvalue weighted by Crippen LogP contribution is 2.39. The molecule has 0 aliphatic carbocycles. The number of H-pyrrole nitrogens is 1. The molecule has 1 aromatic heterocycles. The molecule has 0 radical (unpaired) electrons. The highest BCUT2D eigenvalue weighted by molar-refractivity contribution is 5.70. The first-order chi connectivity index (χ1) is 18.0. The largest absolute Gasteiger partial charge is 0.489 e. The average molecular weight is 501 g/mol. The Kier molecular flexibility index (Phi) is 8.62. The van der Waals surface area contributed by atoms with E-state index in [1.807, 2.05) is 37.3 Å². The Morgan fingerprint density at radius 1 is 1.14 bits per heavy atom. The maximum Gasteiger partial charge on any atom is 0.348 e. The monoisotopic (exact) mass is 500 g/mol. The van der Waals surface area contributed by atoms with E-state index in [-0.39, 0.29) is 18.2 Å². The minimum atomic E-state index is -0.357. The summed E-state index contributed by atoms with van der Waals surface area (Å²) in [6.07, 6.45) is 9.07. The molecule has 4 rings (SSSR count). The summed E-state index contributed by atoms with van der Waals surface area (Å²) in [7, 11) is 0. The molecule has 0 spiro atoms. The first-order valence-electron chi connectivity index (χ1n) is 12.2. The van der Waals surface area contributed by atoms with Gasteiger partial charge in [-0.25, -0.2) is 14.5 Å². The smallest absolute Gasteiger partial charge is 0.348 e. The van der Waals surface area contributed by atoms with Crippen LogP contribution in [-0.4, -0.2) is 59.2 Å². The van der Waals surface area contributed by atoms with Crippen LogP contribution in [0.15, 0.2) is 66.5 Å². The van der Waals surface area contributed by atoms with Gasteiger partial charge in [0, 0.05) is 37.2 Å². The van der Waals surface area contributed by atoms with Crippen LogP contribution in [0, 0.1) is 12.3 Å². The second-order valence-corrected chi connectivity index (χ2v) is 8.72. The molecule has 192 valence electrons. The molecule has 8 nitrogen and oxygen atoms in total. The van der Waals surface area contributed by atoms with Crippen LogP contribution in [-0.2, 0) is 11.3 Å². The van der Waals surface area contributed by atoms with Gasteiger partial charge >= 0.3 is 5.69 Å². The normalized spacial score (nSPS) is 14.5. The van der Waals surface area contributed by atoms with Gasteiger partial charge in [-0.1, -0.05) is 43.4 Å². The van der Waals surface area contributed by atoms with Gasteiger partial charge in [-0.3, -0.25) is 4.90 Å².